The van der Waals surface area contributed by atoms with Gasteiger partial charge in [-0.2, -0.15) is 0 Å². The molecule has 1 amide bonds. The molecule has 0 atom stereocenters. The normalized spacial score (nSPS) is 11.1. The summed E-state index contributed by atoms with van der Waals surface area (Å²) in [7, 11) is 0. The van der Waals surface area contributed by atoms with E-state index in [0.717, 1.165) is 32.6 Å². The van der Waals surface area contributed by atoms with Gasteiger partial charge in [0.05, 0.1) is 11.4 Å². The predicted octanol–water partition coefficient (Wildman–Crippen LogP) is 5.32. The Labute approximate surface area is 169 Å². The molecule has 0 aliphatic rings. The molecule has 0 unspecified atom stereocenters. The smallest absolute Gasteiger partial charge is 0.269 e. The first kappa shape index (κ1) is 18.5. The van der Waals surface area contributed by atoms with Gasteiger partial charge in [0.2, 0.25) is 0 Å². The van der Waals surface area contributed by atoms with Gasteiger partial charge >= 0.3 is 0 Å². The quantitative estimate of drug-likeness (QED) is 0.477. The largest absolute Gasteiger partial charge is 0.397 e. The number of anilines is 2. The molecule has 4 rings (SSSR count). The van der Waals surface area contributed by atoms with Crippen LogP contribution in [-0.2, 0) is 0 Å². The summed E-state index contributed by atoms with van der Waals surface area (Å²) in [4.78, 5) is 23.0. The first-order valence-electron chi connectivity index (χ1n) is 8.53. The van der Waals surface area contributed by atoms with E-state index in [1.807, 2.05) is 26.2 Å². The lowest BCUT2D eigenvalue weighted by atomic mass is 10.1. The van der Waals surface area contributed by atoms with Gasteiger partial charge in [-0.15, -0.1) is 22.7 Å². The fourth-order valence-electron chi connectivity index (χ4n) is 2.97. The van der Waals surface area contributed by atoms with Gasteiger partial charge < -0.3 is 5.73 Å². The van der Waals surface area contributed by atoms with Gasteiger partial charge in [0.15, 0.2) is 5.13 Å². The van der Waals surface area contributed by atoms with E-state index >= 15 is 0 Å². The molecule has 3 aromatic heterocycles. The second-order valence-electron chi connectivity index (χ2n) is 6.47. The van der Waals surface area contributed by atoms with Crippen LogP contribution in [0.3, 0.4) is 0 Å². The average Bonchev–Trinajstić information content (AvgIpc) is 3.25. The van der Waals surface area contributed by atoms with Crippen LogP contribution in [0.15, 0.2) is 29.6 Å². The van der Waals surface area contributed by atoms with Crippen molar-refractivity contribution >= 4 is 49.6 Å². The maximum absolute atomic E-state index is 13.1. The summed E-state index contributed by atoms with van der Waals surface area (Å²) < 4.78 is 13.1. The predicted molar refractivity (Wildman–Crippen MR) is 114 cm³/mol. The maximum Gasteiger partial charge on any atom is 0.269 e. The Kier molecular flexibility index (Phi) is 4.60. The fourth-order valence-corrected chi connectivity index (χ4v) is 4.79. The Hall–Kier alpha value is -2.84. The van der Waals surface area contributed by atoms with Crippen LogP contribution in [0.2, 0.25) is 0 Å². The summed E-state index contributed by atoms with van der Waals surface area (Å²) in [5.74, 6) is -0.614. The van der Waals surface area contributed by atoms with Gasteiger partial charge in [0.1, 0.15) is 15.5 Å². The number of halogens is 1. The maximum atomic E-state index is 13.1. The Morgan fingerprint density at radius 3 is 2.54 bits per heavy atom. The van der Waals surface area contributed by atoms with Crippen molar-refractivity contribution in [3.63, 3.8) is 0 Å². The SMILES string of the molecule is Cc1nc2sc(C(=O)Nc3nc(-c4ccc(F)cc4)cs3)c(N)c2c(C)c1C. The highest BCUT2D eigenvalue weighted by atomic mass is 32.1. The van der Waals surface area contributed by atoms with Crippen LogP contribution in [0.5, 0.6) is 0 Å². The number of amides is 1. The van der Waals surface area contributed by atoms with Crippen molar-refractivity contribution in [3.8, 4) is 11.3 Å². The van der Waals surface area contributed by atoms with E-state index in [2.05, 4.69) is 15.3 Å². The lowest BCUT2D eigenvalue weighted by molar-refractivity contribution is 0.103. The minimum atomic E-state index is -0.310. The van der Waals surface area contributed by atoms with Crippen molar-refractivity contribution in [3.05, 3.63) is 57.2 Å². The van der Waals surface area contributed by atoms with Crippen molar-refractivity contribution in [1.82, 2.24) is 9.97 Å². The topological polar surface area (TPSA) is 80.9 Å². The second-order valence-corrected chi connectivity index (χ2v) is 8.33. The molecule has 8 heteroatoms. The number of fused-ring (bicyclic) bond motifs is 1. The standard InChI is InChI=1S/C20H17FN4OS2/c1-9-10(2)15-16(22)17(28-19(15)23-11(9)3)18(26)25-20-24-14(8-27-20)12-4-6-13(21)7-5-12/h4-8H,22H2,1-3H3,(H,24,25,26). The van der Waals surface area contributed by atoms with Crippen LogP contribution in [0, 0.1) is 26.6 Å². The number of thiophene rings is 1. The number of aryl methyl sites for hydroxylation is 2. The second kappa shape index (κ2) is 6.96. The molecule has 0 radical (unpaired) electrons. The van der Waals surface area contributed by atoms with Crippen molar-refractivity contribution < 1.29 is 9.18 Å². The molecule has 0 saturated heterocycles. The number of pyridine rings is 1. The van der Waals surface area contributed by atoms with Crippen LogP contribution in [0.25, 0.3) is 21.5 Å². The lowest BCUT2D eigenvalue weighted by Crippen LogP contribution is -2.11. The lowest BCUT2D eigenvalue weighted by Gasteiger charge is -2.05. The number of hydrogen-bond donors (Lipinski definition) is 2. The van der Waals surface area contributed by atoms with E-state index in [1.54, 1.807) is 12.1 Å². The summed E-state index contributed by atoms with van der Waals surface area (Å²) in [5.41, 5.74) is 11.2. The Balaban J connectivity index is 1.63. The Morgan fingerprint density at radius 2 is 1.82 bits per heavy atom. The van der Waals surface area contributed by atoms with E-state index in [9.17, 15) is 9.18 Å². The third kappa shape index (κ3) is 3.14. The molecular weight excluding hydrogens is 395 g/mol. The third-order valence-electron chi connectivity index (χ3n) is 4.75. The van der Waals surface area contributed by atoms with Crippen molar-refractivity contribution in [2.75, 3.05) is 11.1 Å². The molecule has 0 saturated carbocycles. The van der Waals surface area contributed by atoms with Gasteiger partial charge in [-0.1, -0.05) is 0 Å². The van der Waals surface area contributed by atoms with Crippen LogP contribution in [0.4, 0.5) is 15.2 Å². The monoisotopic (exact) mass is 412 g/mol. The van der Waals surface area contributed by atoms with Crippen molar-refractivity contribution in [1.29, 1.82) is 0 Å². The van der Waals surface area contributed by atoms with Gasteiger partial charge in [0, 0.05) is 22.0 Å². The molecule has 0 aliphatic carbocycles. The van der Waals surface area contributed by atoms with Gasteiger partial charge in [-0.05, 0) is 56.2 Å². The van der Waals surface area contributed by atoms with E-state index < -0.39 is 0 Å². The summed E-state index contributed by atoms with van der Waals surface area (Å²) in [5, 5.41) is 5.92. The number of carbonyl (C=O) groups is 1. The van der Waals surface area contributed by atoms with Gasteiger partial charge in [-0.3, -0.25) is 10.1 Å². The molecule has 0 bridgehead atoms. The van der Waals surface area contributed by atoms with Crippen LogP contribution >= 0.6 is 22.7 Å². The van der Waals surface area contributed by atoms with Gasteiger partial charge in [-0.25, -0.2) is 14.4 Å². The third-order valence-corrected chi connectivity index (χ3v) is 6.60. The number of benzene rings is 1. The van der Waals surface area contributed by atoms with E-state index in [4.69, 9.17) is 5.73 Å². The summed E-state index contributed by atoms with van der Waals surface area (Å²) in [6, 6.07) is 6.06. The summed E-state index contributed by atoms with van der Waals surface area (Å²) in [6.45, 7) is 5.94. The van der Waals surface area contributed by atoms with E-state index in [-0.39, 0.29) is 11.7 Å². The molecule has 4 aromatic rings. The highest BCUT2D eigenvalue weighted by molar-refractivity contribution is 7.21. The zero-order valence-corrected chi connectivity index (χ0v) is 17.1. The molecule has 0 fully saturated rings. The summed E-state index contributed by atoms with van der Waals surface area (Å²) in [6.07, 6.45) is 0. The zero-order valence-electron chi connectivity index (χ0n) is 15.5. The number of nitrogens with one attached hydrogen (secondary N) is 1. The number of hydrogen-bond acceptors (Lipinski definition) is 6. The number of carbonyl (C=O) groups excluding carboxylic acids is 1. The number of nitrogen functional groups attached to an aromatic ring is 1. The molecule has 142 valence electrons. The molecule has 3 N–H and O–H groups in total. The van der Waals surface area contributed by atoms with E-state index in [1.165, 1.54) is 34.8 Å². The molecule has 3 heterocycles. The molecule has 0 spiro atoms. The van der Waals surface area contributed by atoms with Crippen LogP contribution in [-0.4, -0.2) is 15.9 Å². The Bertz CT molecular complexity index is 1210. The number of thiazole rings is 1. The fraction of sp³-hybridized carbons (Fsp3) is 0.150. The minimum absolute atomic E-state index is 0.304. The molecule has 0 aliphatic heterocycles. The number of rotatable bonds is 3. The Morgan fingerprint density at radius 1 is 1.11 bits per heavy atom. The van der Waals surface area contributed by atoms with Gasteiger partial charge in [0.25, 0.3) is 5.91 Å². The number of nitrogens with two attached hydrogens (primary N) is 1. The number of nitrogens with zero attached hydrogens (tertiary/aromatic N) is 2. The highest BCUT2D eigenvalue weighted by Gasteiger charge is 2.21. The molecule has 1 aromatic carbocycles. The zero-order chi connectivity index (χ0) is 20.0. The minimum Gasteiger partial charge on any atom is -0.397 e. The van der Waals surface area contributed by atoms with Crippen molar-refractivity contribution in [2.24, 2.45) is 0 Å². The number of aromatic nitrogens is 2. The van der Waals surface area contributed by atoms with Crippen LogP contribution < -0.4 is 11.1 Å². The van der Waals surface area contributed by atoms with Crippen molar-refractivity contribution in [2.45, 2.75) is 20.8 Å². The average molecular weight is 413 g/mol. The first-order valence-corrected chi connectivity index (χ1v) is 10.2. The first-order chi connectivity index (χ1) is 13.3. The van der Waals surface area contributed by atoms with E-state index in [0.29, 0.717) is 21.4 Å². The molecule has 28 heavy (non-hydrogen) atoms. The summed E-state index contributed by atoms with van der Waals surface area (Å²) >= 11 is 2.58. The molecule has 5 nitrogen and oxygen atoms in total. The highest BCUT2D eigenvalue weighted by Crippen LogP contribution is 2.37. The molecular formula is C20H17FN4OS2. The van der Waals surface area contributed by atoms with Crippen LogP contribution in [0.1, 0.15) is 26.5 Å².